The first-order valence-corrected chi connectivity index (χ1v) is 4.22. The molecule has 5 nitrogen and oxygen atoms in total. The second kappa shape index (κ2) is 3.18. The molecule has 2 rings (SSSR count). The van der Waals surface area contributed by atoms with Crippen molar-refractivity contribution in [2.24, 2.45) is 5.73 Å². The highest BCUT2D eigenvalue weighted by molar-refractivity contribution is 5.92. The van der Waals surface area contributed by atoms with E-state index in [1.165, 1.54) is 6.26 Å². The molecule has 1 saturated heterocycles. The first-order chi connectivity index (χ1) is 6.27. The van der Waals surface area contributed by atoms with Gasteiger partial charge in [0.2, 0.25) is 0 Å². The third-order valence-corrected chi connectivity index (χ3v) is 2.17. The van der Waals surface area contributed by atoms with Crippen molar-refractivity contribution in [3.63, 3.8) is 0 Å². The molecule has 0 unspecified atom stereocenters. The van der Waals surface area contributed by atoms with Gasteiger partial charge in [-0.05, 0) is 6.42 Å². The van der Waals surface area contributed by atoms with Crippen LogP contribution in [-0.2, 0) is 0 Å². The Kier molecular flexibility index (Phi) is 2.02. The van der Waals surface area contributed by atoms with E-state index in [1.807, 2.05) is 0 Å². The molecule has 2 heterocycles. The topological polar surface area (TPSA) is 72.4 Å². The van der Waals surface area contributed by atoms with E-state index in [1.54, 1.807) is 11.0 Å². The lowest BCUT2D eigenvalue weighted by Crippen LogP contribution is -2.32. The Labute approximate surface area is 75.5 Å². The highest BCUT2D eigenvalue weighted by Crippen LogP contribution is 2.10. The Hall–Kier alpha value is -1.36. The highest BCUT2D eigenvalue weighted by Gasteiger charge is 2.25. The van der Waals surface area contributed by atoms with Crippen LogP contribution in [0.3, 0.4) is 0 Å². The van der Waals surface area contributed by atoms with Gasteiger partial charge < -0.3 is 15.2 Å². The number of aromatic nitrogens is 1. The Bertz CT molecular complexity index is 296. The van der Waals surface area contributed by atoms with Gasteiger partial charge in [-0.3, -0.25) is 4.79 Å². The lowest BCUT2D eigenvalue weighted by atomic mass is 10.3. The van der Waals surface area contributed by atoms with Crippen molar-refractivity contribution < 1.29 is 9.32 Å². The van der Waals surface area contributed by atoms with Crippen molar-refractivity contribution in [3.05, 3.63) is 18.0 Å². The van der Waals surface area contributed by atoms with Crippen molar-refractivity contribution in [2.75, 3.05) is 13.1 Å². The maximum Gasteiger partial charge on any atom is 0.276 e. The van der Waals surface area contributed by atoms with Crippen LogP contribution in [-0.4, -0.2) is 35.1 Å². The van der Waals surface area contributed by atoms with Crippen LogP contribution in [0, 0.1) is 0 Å². The lowest BCUT2D eigenvalue weighted by Gasteiger charge is -2.12. The van der Waals surface area contributed by atoms with E-state index in [0.29, 0.717) is 18.8 Å². The van der Waals surface area contributed by atoms with Crippen molar-refractivity contribution in [1.29, 1.82) is 0 Å². The summed E-state index contributed by atoms with van der Waals surface area (Å²) >= 11 is 0. The standard InChI is InChI=1S/C8H11N3O2/c9-6-1-3-11(5-6)8(12)7-2-4-13-10-7/h2,4,6H,1,3,5,9H2/t6-/m0/s1. The molecule has 1 aliphatic heterocycles. The van der Waals surface area contributed by atoms with Crippen LogP contribution < -0.4 is 5.73 Å². The van der Waals surface area contributed by atoms with E-state index < -0.39 is 0 Å². The molecule has 0 radical (unpaired) electrons. The molecule has 0 aliphatic carbocycles. The summed E-state index contributed by atoms with van der Waals surface area (Å²) in [5, 5.41) is 3.58. The first kappa shape index (κ1) is 8.25. The van der Waals surface area contributed by atoms with Gasteiger partial charge in [-0.2, -0.15) is 0 Å². The van der Waals surface area contributed by atoms with E-state index in [-0.39, 0.29) is 11.9 Å². The van der Waals surface area contributed by atoms with E-state index in [4.69, 9.17) is 5.73 Å². The van der Waals surface area contributed by atoms with Crippen LogP contribution in [0.4, 0.5) is 0 Å². The molecular formula is C8H11N3O2. The molecule has 13 heavy (non-hydrogen) atoms. The normalized spacial score (nSPS) is 22.2. The fourth-order valence-corrected chi connectivity index (χ4v) is 1.46. The van der Waals surface area contributed by atoms with Gasteiger partial charge in [-0.25, -0.2) is 0 Å². The lowest BCUT2D eigenvalue weighted by molar-refractivity contribution is 0.0780. The zero-order valence-electron chi connectivity index (χ0n) is 7.14. The maximum absolute atomic E-state index is 11.6. The third kappa shape index (κ3) is 1.55. The molecule has 5 heteroatoms. The summed E-state index contributed by atoms with van der Waals surface area (Å²) in [6.45, 7) is 1.33. The van der Waals surface area contributed by atoms with Gasteiger partial charge >= 0.3 is 0 Å². The van der Waals surface area contributed by atoms with Gasteiger partial charge in [0.25, 0.3) is 5.91 Å². The number of hydrogen-bond acceptors (Lipinski definition) is 4. The summed E-state index contributed by atoms with van der Waals surface area (Å²) in [6.07, 6.45) is 2.26. The third-order valence-electron chi connectivity index (χ3n) is 2.17. The Morgan fingerprint density at radius 1 is 1.77 bits per heavy atom. The van der Waals surface area contributed by atoms with E-state index in [2.05, 4.69) is 9.68 Å². The molecule has 0 spiro atoms. The molecule has 1 amide bonds. The van der Waals surface area contributed by atoms with E-state index >= 15 is 0 Å². The molecule has 2 N–H and O–H groups in total. The zero-order chi connectivity index (χ0) is 9.26. The van der Waals surface area contributed by atoms with Crippen LogP contribution in [0.15, 0.2) is 16.9 Å². The number of nitrogens with two attached hydrogens (primary N) is 1. The van der Waals surface area contributed by atoms with Gasteiger partial charge in [0.1, 0.15) is 6.26 Å². The molecule has 1 aliphatic rings. The summed E-state index contributed by atoms with van der Waals surface area (Å²) in [5.74, 6) is -0.0956. The van der Waals surface area contributed by atoms with Crippen molar-refractivity contribution >= 4 is 5.91 Å². The smallest absolute Gasteiger partial charge is 0.276 e. The number of carbonyl (C=O) groups excluding carboxylic acids is 1. The molecular weight excluding hydrogens is 170 g/mol. The number of carbonyl (C=O) groups is 1. The van der Waals surface area contributed by atoms with Gasteiger partial charge in [0, 0.05) is 25.2 Å². The minimum absolute atomic E-state index is 0.0956. The molecule has 1 atom stereocenters. The maximum atomic E-state index is 11.6. The SMILES string of the molecule is N[C@H]1CCN(C(=O)c2ccon2)C1. The van der Waals surface area contributed by atoms with Gasteiger partial charge in [-0.1, -0.05) is 5.16 Å². The predicted octanol–water partition coefficient (Wildman–Crippen LogP) is -0.152. The Balaban J connectivity index is 2.06. The van der Waals surface area contributed by atoms with E-state index in [0.717, 1.165) is 6.42 Å². The second-order valence-electron chi connectivity index (χ2n) is 3.18. The Morgan fingerprint density at radius 3 is 3.15 bits per heavy atom. The second-order valence-corrected chi connectivity index (χ2v) is 3.18. The van der Waals surface area contributed by atoms with Crippen molar-refractivity contribution in [2.45, 2.75) is 12.5 Å². The number of rotatable bonds is 1. The zero-order valence-corrected chi connectivity index (χ0v) is 7.14. The van der Waals surface area contributed by atoms with Crippen LogP contribution in [0.2, 0.25) is 0 Å². The molecule has 1 fully saturated rings. The quantitative estimate of drug-likeness (QED) is 0.653. The molecule has 1 aromatic heterocycles. The summed E-state index contributed by atoms with van der Waals surface area (Å²) in [5.41, 5.74) is 6.03. The predicted molar refractivity (Wildman–Crippen MR) is 45.0 cm³/mol. The first-order valence-electron chi connectivity index (χ1n) is 4.22. The average molecular weight is 181 g/mol. The number of amides is 1. The molecule has 0 bridgehead atoms. The van der Waals surface area contributed by atoms with Crippen LogP contribution >= 0.6 is 0 Å². The molecule has 0 aromatic carbocycles. The Morgan fingerprint density at radius 2 is 2.62 bits per heavy atom. The van der Waals surface area contributed by atoms with Gasteiger partial charge in [0.05, 0.1) is 0 Å². The molecule has 1 aromatic rings. The summed E-state index contributed by atoms with van der Waals surface area (Å²) in [6, 6.07) is 1.67. The van der Waals surface area contributed by atoms with Crippen LogP contribution in [0.25, 0.3) is 0 Å². The number of likely N-dealkylation sites (tertiary alicyclic amines) is 1. The minimum atomic E-state index is -0.0956. The molecule has 0 saturated carbocycles. The average Bonchev–Trinajstić information content (AvgIpc) is 2.72. The van der Waals surface area contributed by atoms with Gasteiger partial charge in [0.15, 0.2) is 5.69 Å². The monoisotopic (exact) mass is 181 g/mol. The fraction of sp³-hybridized carbons (Fsp3) is 0.500. The van der Waals surface area contributed by atoms with E-state index in [9.17, 15) is 4.79 Å². The van der Waals surface area contributed by atoms with Crippen LogP contribution in [0.1, 0.15) is 16.9 Å². The summed E-state index contributed by atoms with van der Waals surface area (Å²) in [7, 11) is 0. The van der Waals surface area contributed by atoms with Gasteiger partial charge in [-0.15, -0.1) is 0 Å². The molecule has 70 valence electrons. The fourth-order valence-electron chi connectivity index (χ4n) is 1.46. The number of nitrogens with zero attached hydrogens (tertiary/aromatic N) is 2. The summed E-state index contributed by atoms with van der Waals surface area (Å²) < 4.78 is 4.59. The number of hydrogen-bond donors (Lipinski definition) is 1. The van der Waals surface area contributed by atoms with Crippen molar-refractivity contribution in [3.8, 4) is 0 Å². The van der Waals surface area contributed by atoms with Crippen LogP contribution in [0.5, 0.6) is 0 Å². The minimum Gasteiger partial charge on any atom is -0.364 e. The largest absolute Gasteiger partial charge is 0.364 e. The van der Waals surface area contributed by atoms with Crippen molar-refractivity contribution in [1.82, 2.24) is 10.1 Å². The highest BCUT2D eigenvalue weighted by atomic mass is 16.5. The summed E-state index contributed by atoms with van der Waals surface area (Å²) in [4.78, 5) is 13.3.